The van der Waals surface area contributed by atoms with Gasteiger partial charge in [0.2, 0.25) is 5.91 Å². The van der Waals surface area contributed by atoms with Crippen LogP contribution in [-0.2, 0) is 33.3 Å². The summed E-state index contributed by atoms with van der Waals surface area (Å²) in [5.74, 6) is 1.95. The maximum Gasteiger partial charge on any atom is 0.331 e. The van der Waals surface area contributed by atoms with Crippen molar-refractivity contribution in [2.45, 2.75) is 119 Å². The zero-order valence-corrected chi connectivity index (χ0v) is 30.6. The summed E-state index contributed by atoms with van der Waals surface area (Å²) in [5.41, 5.74) is 1.39. The fraction of sp³-hybridized carbons (Fsp3) is 0.872. The van der Waals surface area contributed by atoms with Gasteiger partial charge in [0.15, 0.2) is 0 Å². The monoisotopic (exact) mass is 657 g/mol. The Morgan fingerprint density at radius 3 is 2.19 bits per heavy atom. The summed E-state index contributed by atoms with van der Waals surface area (Å²) in [7, 11) is 1.34. The molecule has 5 aliphatic carbocycles. The van der Waals surface area contributed by atoms with Crippen LogP contribution in [0, 0.1) is 56.7 Å². The Bertz CT molecular complexity index is 1220. The van der Waals surface area contributed by atoms with E-state index in [-0.39, 0.29) is 51.7 Å². The van der Waals surface area contributed by atoms with E-state index in [9.17, 15) is 14.4 Å². The second-order valence-corrected chi connectivity index (χ2v) is 17.3. The number of nitrogens with one attached hydrogen (secondary N) is 1. The number of methoxy groups -OCH3 is 1. The maximum absolute atomic E-state index is 14.3. The molecule has 0 aromatic rings. The second kappa shape index (κ2) is 13.4. The summed E-state index contributed by atoms with van der Waals surface area (Å²) in [6.07, 6.45) is 10.8. The van der Waals surface area contributed by atoms with Crippen molar-refractivity contribution in [2.75, 3.05) is 40.1 Å². The molecule has 0 radical (unpaired) electrons. The number of ether oxygens (including phenoxy) is 4. The molecule has 0 aromatic heterocycles. The first kappa shape index (κ1) is 36.4. The zero-order valence-electron chi connectivity index (χ0n) is 30.6. The van der Waals surface area contributed by atoms with Crippen molar-refractivity contribution >= 4 is 17.8 Å². The number of carbonyl (C=O) groups is 3. The number of hydrogen-bond donors (Lipinski definition) is 1. The summed E-state index contributed by atoms with van der Waals surface area (Å²) in [5, 5.41) is 3.29. The van der Waals surface area contributed by atoms with Crippen molar-refractivity contribution in [3.63, 3.8) is 0 Å². The van der Waals surface area contributed by atoms with Crippen LogP contribution in [0.5, 0.6) is 0 Å². The summed E-state index contributed by atoms with van der Waals surface area (Å²) in [4.78, 5) is 37.5. The molecule has 5 saturated carbocycles. The van der Waals surface area contributed by atoms with Gasteiger partial charge in [-0.3, -0.25) is 9.59 Å². The van der Waals surface area contributed by atoms with Crippen LogP contribution in [0.3, 0.4) is 0 Å². The first-order valence-electron chi connectivity index (χ1n) is 18.4. The van der Waals surface area contributed by atoms with Crippen LogP contribution in [0.15, 0.2) is 12.2 Å². The van der Waals surface area contributed by atoms with Gasteiger partial charge in [-0.1, -0.05) is 46.8 Å². The van der Waals surface area contributed by atoms with Gasteiger partial charge in [0.1, 0.15) is 12.7 Å². The lowest BCUT2D eigenvalue weighted by Gasteiger charge is -2.72. The summed E-state index contributed by atoms with van der Waals surface area (Å²) >= 11 is 0. The van der Waals surface area contributed by atoms with Crippen molar-refractivity contribution < 1.29 is 33.3 Å². The Labute approximate surface area is 283 Å². The highest BCUT2D eigenvalue weighted by atomic mass is 16.6. The molecule has 1 N–H and O–H groups in total. The molecule has 47 heavy (non-hydrogen) atoms. The quantitative estimate of drug-likeness (QED) is 0.147. The normalized spacial score (nSPS) is 41.8. The molecular formula is C39H63NO7. The molecule has 0 aromatic carbocycles. The molecule has 0 saturated heterocycles. The van der Waals surface area contributed by atoms with Crippen LogP contribution in [0.2, 0.25) is 0 Å². The molecule has 5 aliphatic rings. The van der Waals surface area contributed by atoms with E-state index in [1.165, 1.54) is 38.4 Å². The van der Waals surface area contributed by atoms with Crippen LogP contribution in [0.4, 0.5) is 0 Å². The van der Waals surface area contributed by atoms with Crippen LogP contribution in [0.25, 0.3) is 0 Å². The topological polar surface area (TPSA) is 100 Å². The molecule has 5 rings (SSSR count). The molecule has 10 atom stereocenters. The predicted octanol–water partition coefficient (Wildman–Crippen LogP) is 6.90. The van der Waals surface area contributed by atoms with E-state index >= 15 is 0 Å². The molecule has 266 valence electrons. The fourth-order valence-corrected chi connectivity index (χ4v) is 12.8. The van der Waals surface area contributed by atoms with Crippen molar-refractivity contribution in [1.82, 2.24) is 5.32 Å². The number of fused-ring (bicyclic) bond motifs is 7. The molecule has 0 spiro atoms. The first-order chi connectivity index (χ1) is 22.1. The van der Waals surface area contributed by atoms with Crippen molar-refractivity contribution in [1.29, 1.82) is 0 Å². The molecule has 0 aliphatic heterocycles. The Morgan fingerprint density at radius 2 is 1.51 bits per heavy atom. The molecular weight excluding hydrogens is 594 g/mol. The Kier molecular flexibility index (Phi) is 10.4. The number of rotatable bonds is 11. The molecule has 0 unspecified atom stereocenters. The zero-order chi connectivity index (χ0) is 34.4. The van der Waals surface area contributed by atoms with E-state index in [1.807, 2.05) is 0 Å². The first-order valence-corrected chi connectivity index (χ1v) is 18.4. The smallest absolute Gasteiger partial charge is 0.331 e. The van der Waals surface area contributed by atoms with E-state index in [1.54, 1.807) is 6.92 Å². The molecule has 8 heteroatoms. The number of amides is 1. The van der Waals surface area contributed by atoms with Crippen molar-refractivity contribution in [3.8, 4) is 0 Å². The number of carbonyl (C=O) groups excluding carboxylic acids is 3. The lowest BCUT2D eigenvalue weighted by atomic mass is 9.32. The van der Waals surface area contributed by atoms with Gasteiger partial charge in [-0.2, -0.15) is 0 Å². The van der Waals surface area contributed by atoms with Gasteiger partial charge in [-0.15, -0.1) is 0 Å². The molecule has 1 amide bonds. The lowest BCUT2D eigenvalue weighted by Crippen LogP contribution is -2.67. The fourth-order valence-electron chi connectivity index (χ4n) is 12.8. The Balaban J connectivity index is 1.31. The Morgan fingerprint density at radius 1 is 0.787 bits per heavy atom. The third-order valence-corrected chi connectivity index (χ3v) is 15.1. The van der Waals surface area contributed by atoms with Gasteiger partial charge in [-0.25, -0.2) is 4.79 Å². The van der Waals surface area contributed by atoms with E-state index < -0.39 is 5.97 Å². The predicted molar refractivity (Wildman–Crippen MR) is 181 cm³/mol. The highest BCUT2D eigenvalue weighted by Gasteiger charge is 2.72. The van der Waals surface area contributed by atoms with E-state index in [4.69, 9.17) is 14.2 Å². The van der Waals surface area contributed by atoms with Gasteiger partial charge in [0, 0.05) is 18.9 Å². The number of esters is 2. The van der Waals surface area contributed by atoms with E-state index in [2.05, 4.69) is 58.2 Å². The average Bonchev–Trinajstić information content (AvgIpc) is 3.41. The highest BCUT2D eigenvalue weighted by Crippen LogP contribution is 2.77. The second-order valence-electron chi connectivity index (χ2n) is 17.3. The van der Waals surface area contributed by atoms with Crippen LogP contribution in [-0.4, -0.2) is 64.0 Å². The van der Waals surface area contributed by atoms with E-state index in [0.29, 0.717) is 56.0 Å². The number of hydrogen-bond acceptors (Lipinski definition) is 7. The molecule has 0 bridgehead atoms. The van der Waals surface area contributed by atoms with Crippen molar-refractivity contribution in [2.24, 2.45) is 56.7 Å². The van der Waals surface area contributed by atoms with Crippen LogP contribution in [0.1, 0.15) is 113 Å². The molecule has 0 heterocycles. The minimum Gasteiger partial charge on any atom is -0.467 e. The van der Waals surface area contributed by atoms with E-state index in [0.717, 1.165) is 38.5 Å². The third kappa shape index (κ3) is 5.99. The van der Waals surface area contributed by atoms with Gasteiger partial charge in [0.25, 0.3) is 0 Å². The van der Waals surface area contributed by atoms with Crippen LogP contribution < -0.4 is 5.32 Å². The molecule has 5 fully saturated rings. The van der Waals surface area contributed by atoms with Crippen LogP contribution >= 0.6 is 0 Å². The maximum atomic E-state index is 14.3. The third-order valence-electron chi connectivity index (χ3n) is 15.1. The van der Waals surface area contributed by atoms with Gasteiger partial charge < -0.3 is 24.3 Å². The summed E-state index contributed by atoms with van der Waals surface area (Å²) in [6.45, 7) is 22.2. The van der Waals surface area contributed by atoms with Gasteiger partial charge >= 0.3 is 11.9 Å². The minimum absolute atomic E-state index is 0.0108. The largest absolute Gasteiger partial charge is 0.467 e. The summed E-state index contributed by atoms with van der Waals surface area (Å²) in [6, 6.07) is 0. The minimum atomic E-state index is -0.407. The molecule has 8 nitrogen and oxygen atoms in total. The lowest BCUT2D eigenvalue weighted by molar-refractivity contribution is -0.248. The summed E-state index contributed by atoms with van der Waals surface area (Å²) < 4.78 is 21.5. The van der Waals surface area contributed by atoms with Gasteiger partial charge in [0.05, 0.1) is 32.3 Å². The SMILES string of the molecule is C=C(C)[C@@H]1CC[C@]2(C(=O)NCCOCCOCC(=O)OC)CC[C@]3(C)[C@H](CC[C@@H]4[C@@]5(C)CC[C@H](OC(C)=O)C(C)(C)[C@@H]5CC[C@]43C)[C@@H]12. The highest BCUT2D eigenvalue weighted by molar-refractivity contribution is 5.84. The number of allylic oxidation sites excluding steroid dienone is 1. The van der Waals surface area contributed by atoms with Crippen molar-refractivity contribution in [3.05, 3.63) is 12.2 Å². The average molecular weight is 658 g/mol. The van der Waals surface area contributed by atoms with Gasteiger partial charge in [-0.05, 0) is 117 Å². The Hall–Kier alpha value is -1.93. The standard InChI is InChI=1S/C39H63NO7/c1-25(2)27-12-17-39(34(43)40-20-21-45-22-23-46-24-32(42)44-9)19-18-37(7)28(33(27)39)10-11-30-36(6)15-14-31(47-26(3)41)35(4,5)29(36)13-16-38(30,37)8/h27-31,33H,1,10-24H2,2-9H3,(H,40,43)/t27-,28+,29-,30+,31-,33+,36-,37+,38+,39-/m0/s1.